The molecular weight excluding hydrogens is 337 g/mol. The number of carbonyl (C=O) groups excluding carboxylic acids is 2. The topological polar surface area (TPSA) is 83.5 Å². The van der Waals surface area contributed by atoms with Gasteiger partial charge in [0.25, 0.3) is 0 Å². The van der Waals surface area contributed by atoms with Crippen molar-refractivity contribution >= 4 is 23.3 Å². The number of benzene rings is 2. The van der Waals surface area contributed by atoms with E-state index in [0.29, 0.717) is 24.1 Å². The minimum absolute atomic E-state index is 0.0383. The summed E-state index contributed by atoms with van der Waals surface area (Å²) in [4.78, 5) is 34.4. The van der Waals surface area contributed by atoms with E-state index in [1.807, 2.05) is 12.1 Å². The predicted molar refractivity (Wildman–Crippen MR) is 95.6 cm³/mol. The first-order valence-corrected chi connectivity index (χ1v) is 8.33. The highest BCUT2D eigenvalue weighted by atomic mass is 19.1. The van der Waals surface area contributed by atoms with E-state index in [2.05, 4.69) is 5.32 Å². The van der Waals surface area contributed by atoms with E-state index in [-0.39, 0.29) is 31.0 Å². The van der Waals surface area contributed by atoms with Gasteiger partial charge in [-0.05, 0) is 54.8 Å². The number of carboxylic acid groups (broad SMARTS) is 1. The van der Waals surface area contributed by atoms with E-state index >= 15 is 0 Å². The van der Waals surface area contributed by atoms with Gasteiger partial charge in [0.1, 0.15) is 5.82 Å². The molecule has 0 unspecified atom stereocenters. The molecule has 136 valence electrons. The number of hydrogen-bond donors (Lipinski definition) is 2. The molecule has 26 heavy (non-hydrogen) atoms. The quantitative estimate of drug-likeness (QED) is 0.668. The zero-order valence-corrected chi connectivity index (χ0v) is 14.2. The van der Waals surface area contributed by atoms with Crippen LogP contribution in [0.25, 0.3) is 0 Å². The summed E-state index contributed by atoms with van der Waals surface area (Å²) in [6, 6.07) is 12.4. The Kier molecular flexibility index (Phi) is 7.02. The van der Waals surface area contributed by atoms with E-state index in [1.165, 1.54) is 24.3 Å². The molecule has 0 aliphatic heterocycles. The lowest BCUT2D eigenvalue weighted by atomic mass is 10.1. The number of aryl methyl sites for hydroxylation is 1. The average Bonchev–Trinajstić information content (AvgIpc) is 2.61. The Labute approximate surface area is 150 Å². The first-order chi connectivity index (χ1) is 12.4. The Morgan fingerprint density at radius 3 is 2.15 bits per heavy atom. The second-order valence-corrected chi connectivity index (χ2v) is 5.92. The molecule has 2 aromatic carbocycles. The molecule has 2 rings (SSSR count). The van der Waals surface area contributed by atoms with Crippen molar-refractivity contribution in [2.24, 2.45) is 0 Å². The Morgan fingerprint density at radius 1 is 0.885 bits per heavy atom. The van der Waals surface area contributed by atoms with Crippen LogP contribution in [0, 0.1) is 5.82 Å². The molecule has 2 N–H and O–H groups in total. The van der Waals surface area contributed by atoms with E-state index in [9.17, 15) is 18.8 Å². The summed E-state index contributed by atoms with van der Waals surface area (Å²) in [5, 5.41) is 11.3. The molecule has 6 heteroatoms. The largest absolute Gasteiger partial charge is 0.481 e. The highest BCUT2D eigenvalue weighted by molar-refractivity contribution is 5.99. The number of nitrogens with one attached hydrogen (secondary N) is 1. The summed E-state index contributed by atoms with van der Waals surface area (Å²) in [7, 11) is 0. The maximum atomic E-state index is 12.8. The number of ketones is 1. The SMILES string of the molecule is O=C(O)CCCc1ccc(NC(=O)CCC(=O)c2ccc(F)cc2)cc1. The maximum Gasteiger partial charge on any atom is 0.303 e. The standard InChI is InChI=1S/C20H20FNO4/c21-16-8-6-15(7-9-16)18(23)12-13-19(24)22-17-10-4-14(5-11-17)2-1-3-20(25)26/h4-11H,1-3,12-13H2,(H,22,24)(H,25,26). The normalized spacial score (nSPS) is 10.3. The summed E-state index contributed by atoms with van der Waals surface area (Å²) in [5.41, 5.74) is 1.99. The molecule has 0 heterocycles. The molecule has 5 nitrogen and oxygen atoms in total. The van der Waals surface area contributed by atoms with Gasteiger partial charge in [0, 0.05) is 30.5 Å². The van der Waals surface area contributed by atoms with Gasteiger partial charge in [-0.15, -0.1) is 0 Å². The second kappa shape index (κ2) is 9.46. The highest BCUT2D eigenvalue weighted by Gasteiger charge is 2.10. The molecule has 0 aromatic heterocycles. The summed E-state index contributed by atoms with van der Waals surface area (Å²) < 4.78 is 12.8. The number of anilines is 1. The van der Waals surface area contributed by atoms with Gasteiger partial charge in [-0.2, -0.15) is 0 Å². The number of aliphatic carboxylic acids is 1. The van der Waals surface area contributed by atoms with Crippen molar-refractivity contribution in [1.29, 1.82) is 0 Å². The minimum atomic E-state index is -0.816. The molecule has 1 amide bonds. The zero-order valence-electron chi connectivity index (χ0n) is 14.2. The first-order valence-electron chi connectivity index (χ1n) is 8.33. The van der Waals surface area contributed by atoms with Gasteiger partial charge < -0.3 is 10.4 Å². The number of carbonyl (C=O) groups is 3. The minimum Gasteiger partial charge on any atom is -0.481 e. The number of amides is 1. The third-order valence-electron chi connectivity index (χ3n) is 3.84. The molecule has 2 aromatic rings. The van der Waals surface area contributed by atoms with Crippen LogP contribution in [-0.2, 0) is 16.0 Å². The Balaban J connectivity index is 1.77. The van der Waals surface area contributed by atoms with E-state index in [0.717, 1.165) is 5.56 Å². The number of halogens is 1. The van der Waals surface area contributed by atoms with Crippen LogP contribution in [0.3, 0.4) is 0 Å². The summed E-state index contributed by atoms with van der Waals surface area (Å²) in [5.74, 6) is -1.72. The molecular formula is C20H20FNO4. The fourth-order valence-electron chi connectivity index (χ4n) is 2.43. The molecule has 0 aliphatic rings. The molecule has 0 radical (unpaired) electrons. The van der Waals surface area contributed by atoms with E-state index in [1.54, 1.807) is 12.1 Å². The van der Waals surface area contributed by atoms with Crippen molar-refractivity contribution in [3.8, 4) is 0 Å². The van der Waals surface area contributed by atoms with Crippen molar-refractivity contribution < 1.29 is 23.9 Å². The van der Waals surface area contributed by atoms with Crippen LogP contribution in [-0.4, -0.2) is 22.8 Å². The van der Waals surface area contributed by atoms with Gasteiger partial charge in [0.15, 0.2) is 5.78 Å². The Morgan fingerprint density at radius 2 is 1.54 bits per heavy atom. The van der Waals surface area contributed by atoms with Crippen molar-refractivity contribution in [2.75, 3.05) is 5.32 Å². The van der Waals surface area contributed by atoms with Gasteiger partial charge in [-0.3, -0.25) is 14.4 Å². The Hall–Kier alpha value is -3.02. The zero-order chi connectivity index (χ0) is 18.9. The van der Waals surface area contributed by atoms with Crippen molar-refractivity contribution in [1.82, 2.24) is 0 Å². The number of hydrogen-bond acceptors (Lipinski definition) is 3. The molecule has 0 saturated carbocycles. The van der Waals surface area contributed by atoms with Crippen LogP contribution >= 0.6 is 0 Å². The molecule has 0 saturated heterocycles. The molecule has 0 bridgehead atoms. The van der Waals surface area contributed by atoms with Crippen molar-refractivity contribution in [2.45, 2.75) is 32.1 Å². The molecule has 0 spiro atoms. The van der Waals surface area contributed by atoms with Crippen LogP contribution in [0.5, 0.6) is 0 Å². The molecule has 0 aliphatic carbocycles. The van der Waals surface area contributed by atoms with Crippen LogP contribution in [0.1, 0.15) is 41.6 Å². The lowest BCUT2D eigenvalue weighted by molar-refractivity contribution is -0.137. The maximum absolute atomic E-state index is 12.8. The van der Waals surface area contributed by atoms with Crippen molar-refractivity contribution in [3.63, 3.8) is 0 Å². The average molecular weight is 357 g/mol. The number of Topliss-reactive ketones (excluding diaryl/α,β-unsaturated/α-hetero) is 1. The third-order valence-corrected chi connectivity index (χ3v) is 3.84. The predicted octanol–water partition coefficient (Wildman–Crippen LogP) is 3.83. The first kappa shape index (κ1) is 19.3. The van der Waals surface area contributed by atoms with Gasteiger partial charge in [-0.1, -0.05) is 12.1 Å². The lowest BCUT2D eigenvalue weighted by Gasteiger charge is -2.07. The van der Waals surface area contributed by atoms with Gasteiger partial charge in [0.05, 0.1) is 0 Å². The van der Waals surface area contributed by atoms with E-state index < -0.39 is 11.8 Å². The third kappa shape index (κ3) is 6.47. The highest BCUT2D eigenvalue weighted by Crippen LogP contribution is 2.13. The number of carboxylic acids is 1. The number of rotatable bonds is 9. The summed E-state index contributed by atoms with van der Waals surface area (Å²) in [6.07, 6.45) is 1.43. The van der Waals surface area contributed by atoms with Gasteiger partial charge in [-0.25, -0.2) is 4.39 Å². The van der Waals surface area contributed by atoms with Crippen LogP contribution in [0.15, 0.2) is 48.5 Å². The van der Waals surface area contributed by atoms with Gasteiger partial charge >= 0.3 is 5.97 Å². The smallest absolute Gasteiger partial charge is 0.303 e. The summed E-state index contributed by atoms with van der Waals surface area (Å²) >= 11 is 0. The fourth-order valence-corrected chi connectivity index (χ4v) is 2.43. The molecule has 0 atom stereocenters. The summed E-state index contributed by atoms with van der Waals surface area (Å²) in [6.45, 7) is 0. The van der Waals surface area contributed by atoms with Crippen LogP contribution < -0.4 is 5.32 Å². The molecule has 0 fully saturated rings. The lowest BCUT2D eigenvalue weighted by Crippen LogP contribution is -2.13. The van der Waals surface area contributed by atoms with Crippen molar-refractivity contribution in [3.05, 3.63) is 65.5 Å². The monoisotopic (exact) mass is 357 g/mol. The Bertz CT molecular complexity index is 769. The second-order valence-electron chi connectivity index (χ2n) is 5.92. The van der Waals surface area contributed by atoms with Crippen LogP contribution in [0.4, 0.5) is 10.1 Å². The fraction of sp³-hybridized carbons (Fsp3) is 0.250. The van der Waals surface area contributed by atoms with E-state index in [4.69, 9.17) is 5.11 Å². The van der Waals surface area contributed by atoms with Gasteiger partial charge in [0.2, 0.25) is 5.91 Å². The van der Waals surface area contributed by atoms with Crippen LogP contribution in [0.2, 0.25) is 0 Å².